The zero-order chi connectivity index (χ0) is 15.0. The molecule has 0 aliphatic heterocycles. The molecule has 2 N–H and O–H groups in total. The summed E-state index contributed by atoms with van der Waals surface area (Å²) < 4.78 is 0. The minimum Gasteiger partial charge on any atom is -0.330 e. The highest BCUT2D eigenvalue weighted by Gasteiger charge is 2.37. The minimum atomic E-state index is 0.228. The lowest BCUT2D eigenvalue weighted by atomic mass is 9.64. The van der Waals surface area contributed by atoms with Crippen molar-refractivity contribution >= 4 is 0 Å². The monoisotopic (exact) mass is 273 g/mol. The molecule has 20 heavy (non-hydrogen) atoms. The molecule has 0 atom stereocenters. The molecule has 1 aromatic rings. The Labute approximate surface area is 125 Å². The van der Waals surface area contributed by atoms with Gasteiger partial charge in [0.05, 0.1) is 0 Å². The highest BCUT2D eigenvalue weighted by atomic mass is 14.6. The molecule has 1 heteroatoms. The molecule has 112 valence electrons. The van der Waals surface area contributed by atoms with E-state index in [2.05, 4.69) is 58.9 Å². The number of nitrogens with two attached hydrogens (primary N) is 1. The summed E-state index contributed by atoms with van der Waals surface area (Å²) in [7, 11) is 0. The van der Waals surface area contributed by atoms with E-state index in [4.69, 9.17) is 5.73 Å². The molecule has 0 amide bonds. The zero-order valence-electron chi connectivity index (χ0n) is 13.9. The molecule has 0 saturated heterocycles. The van der Waals surface area contributed by atoms with E-state index in [1.54, 1.807) is 0 Å². The average molecular weight is 273 g/mol. The molecule has 1 nitrogen and oxygen atoms in total. The zero-order valence-corrected chi connectivity index (χ0v) is 13.9. The number of rotatable bonds is 4. The van der Waals surface area contributed by atoms with E-state index in [-0.39, 0.29) is 10.8 Å². The Morgan fingerprint density at radius 1 is 1.00 bits per heavy atom. The predicted molar refractivity (Wildman–Crippen MR) is 88.1 cm³/mol. The Kier molecular flexibility index (Phi) is 4.03. The van der Waals surface area contributed by atoms with Crippen molar-refractivity contribution < 1.29 is 0 Å². The first kappa shape index (κ1) is 15.6. The third-order valence-corrected chi connectivity index (χ3v) is 4.95. The first-order valence-electron chi connectivity index (χ1n) is 8.00. The van der Waals surface area contributed by atoms with Gasteiger partial charge in [0, 0.05) is 12.0 Å². The molecule has 0 unspecified atom stereocenters. The van der Waals surface area contributed by atoms with Crippen LogP contribution in [0.4, 0.5) is 0 Å². The average Bonchev–Trinajstić information content (AvgIpc) is 2.26. The summed E-state index contributed by atoms with van der Waals surface area (Å²) in [5.74, 6) is 0. The van der Waals surface area contributed by atoms with Crippen LogP contribution < -0.4 is 5.73 Å². The molecular formula is C19H31N. The van der Waals surface area contributed by atoms with Gasteiger partial charge in [-0.05, 0) is 41.2 Å². The molecule has 1 aliphatic rings. The van der Waals surface area contributed by atoms with Crippen LogP contribution in [0.3, 0.4) is 0 Å². The van der Waals surface area contributed by atoms with Crippen LogP contribution in [0.15, 0.2) is 24.3 Å². The molecule has 0 bridgehead atoms. The van der Waals surface area contributed by atoms with Crippen LogP contribution in [-0.2, 0) is 10.8 Å². The van der Waals surface area contributed by atoms with E-state index in [1.165, 1.54) is 36.8 Å². The van der Waals surface area contributed by atoms with Crippen molar-refractivity contribution in [2.45, 2.75) is 71.1 Å². The Morgan fingerprint density at radius 2 is 1.55 bits per heavy atom. The first-order chi connectivity index (χ1) is 9.19. The van der Waals surface area contributed by atoms with Crippen LogP contribution in [0.1, 0.15) is 71.4 Å². The van der Waals surface area contributed by atoms with Crippen LogP contribution in [0.5, 0.6) is 0 Å². The van der Waals surface area contributed by atoms with Crippen LogP contribution in [0.25, 0.3) is 0 Å². The van der Waals surface area contributed by atoms with E-state index in [1.807, 2.05) is 0 Å². The van der Waals surface area contributed by atoms with Gasteiger partial charge in [-0.3, -0.25) is 0 Å². The lowest BCUT2D eigenvalue weighted by Gasteiger charge is -2.42. The first-order valence-corrected chi connectivity index (χ1v) is 8.00. The fourth-order valence-corrected chi connectivity index (χ4v) is 3.92. The van der Waals surface area contributed by atoms with Gasteiger partial charge in [-0.2, -0.15) is 0 Å². The maximum absolute atomic E-state index is 6.01. The van der Waals surface area contributed by atoms with E-state index in [0.29, 0.717) is 5.41 Å². The van der Waals surface area contributed by atoms with Gasteiger partial charge >= 0.3 is 0 Å². The number of hydrogen-bond acceptors (Lipinski definition) is 1. The summed E-state index contributed by atoms with van der Waals surface area (Å²) in [6.45, 7) is 12.5. The van der Waals surface area contributed by atoms with Crippen LogP contribution >= 0.6 is 0 Å². The maximum atomic E-state index is 6.01. The molecule has 0 spiro atoms. The van der Waals surface area contributed by atoms with Crippen molar-refractivity contribution in [1.29, 1.82) is 0 Å². The van der Waals surface area contributed by atoms with Crippen molar-refractivity contribution in [3.63, 3.8) is 0 Å². The van der Waals surface area contributed by atoms with Crippen molar-refractivity contribution in [2.75, 3.05) is 6.54 Å². The fraction of sp³-hybridized carbons (Fsp3) is 0.684. The quantitative estimate of drug-likeness (QED) is 0.839. The lowest BCUT2D eigenvalue weighted by Crippen LogP contribution is -2.41. The molecule has 0 heterocycles. The second-order valence-corrected chi connectivity index (χ2v) is 8.54. The summed E-state index contributed by atoms with van der Waals surface area (Å²) in [4.78, 5) is 0. The fourth-order valence-electron chi connectivity index (χ4n) is 3.92. The third kappa shape index (κ3) is 3.09. The molecule has 0 aromatic heterocycles. The van der Waals surface area contributed by atoms with Gasteiger partial charge in [0.15, 0.2) is 0 Å². The van der Waals surface area contributed by atoms with Gasteiger partial charge in [0.2, 0.25) is 0 Å². The van der Waals surface area contributed by atoms with Crippen molar-refractivity contribution in [3.05, 3.63) is 35.4 Å². The Morgan fingerprint density at radius 3 is 1.90 bits per heavy atom. The van der Waals surface area contributed by atoms with E-state index < -0.39 is 0 Å². The summed E-state index contributed by atoms with van der Waals surface area (Å²) in [5.41, 5.74) is 9.77. The Bertz CT molecular complexity index is 438. The minimum absolute atomic E-state index is 0.228. The molecule has 1 saturated carbocycles. The molecule has 1 aliphatic carbocycles. The normalized spacial score (nSPS) is 18.7. The number of benzene rings is 1. The van der Waals surface area contributed by atoms with Gasteiger partial charge in [-0.25, -0.2) is 0 Å². The molecule has 0 radical (unpaired) electrons. The predicted octanol–water partition coefficient (Wildman–Crippen LogP) is 4.78. The Hall–Kier alpha value is -0.820. The van der Waals surface area contributed by atoms with Crippen molar-refractivity contribution in [1.82, 2.24) is 0 Å². The summed E-state index contributed by atoms with van der Waals surface area (Å²) in [6, 6.07) is 9.31. The highest BCUT2D eigenvalue weighted by Crippen LogP contribution is 2.43. The van der Waals surface area contributed by atoms with Gasteiger partial charge in [-0.1, -0.05) is 65.3 Å². The molecule has 1 fully saturated rings. The highest BCUT2D eigenvalue weighted by molar-refractivity contribution is 5.34. The standard InChI is InChI=1S/C19H31N/c1-17(2,3)13-18(4,5)15-7-9-16(10-8-15)19(14-20)11-6-12-19/h7-10H,6,11-14,20H2,1-5H3. The van der Waals surface area contributed by atoms with Crippen LogP contribution in [-0.4, -0.2) is 6.54 Å². The topological polar surface area (TPSA) is 26.0 Å². The summed E-state index contributed by atoms with van der Waals surface area (Å²) in [5, 5.41) is 0. The van der Waals surface area contributed by atoms with Crippen molar-refractivity contribution in [2.24, 2.45) is 11.1 Å². The SMILES string of the molecule is CC(C)(C)CC(C)(C)c1ccc(C2(CN)CCC2)cc1. The van der Waals surface area contributed by atoms with Crippen LogP contribution in [0.2, 0.25) is 0 Å². The Balaban J connectivity index is 2.20. The smallest absolute Gasteiger partial charge is 0.00755 e. The molecule has 1 aromatic carbocycles. The van der Waals surface area contributed by atoms with Gasteiger partial charge < -0.3 is 5.73 Å². The lowest BCUT2D eigenvalue weighted by molar-refractivity contribution is 0.252. The van der Waals surface area contributed by atoms with Gasteiger partial charge in [0.25, 0.3) is 0 Å². The largest absolute Gasteiger partial charge is 0.330 e. The van der Waals surface area contributed by atoms with Gasteiger partial charge in [0.1, 0.15) is 0 Å². The second kappa shape index (κ2) is 5.18. The maximum Gasteiger partial charge on any atom is 0.00755 e. The summed E-state index contributed by atoms with van der Waals surface area (Å²) >= 11 is 0. The molecular weight excluding hydrogens is 242 g/mol. The number of hydrogen-bond donors (Lipinski definition) is 1. The molecule has 2 rings (SSSR count). The van der Waals surface area contributed by atoms with E-state index in [9.17, 15) is 0 Å². The van der Waals surface area contributed by atoms with E-state index in [0.717, 1.165) is 6.54 Å². The van der Waals surface area contributed by atoms with E-state index >= 15 is 0 Å². The van der Waals surface area contributed by atoms with Crippen molar-refractivity contribution in [3.8, 4) is 0 Å². The van der Waals surface area contributed by atoms with Gasteiger partial charge in [-0.15, -0.1) is 0 Å². The summed E-state index contributed by atoms with van der Waals surface area (Å²) in [6.07, 6.45) is 5.04. The second-order valence-electron chi connectivity index (χ2n) is 8.54. The third-order valence-electron chi connectivity index (χ3n) is 4.95. The van der Waals surface area contributed by atoms with Crippen LogP contribution in [0, 0.1) is 5.41 Å².